The molecule has 0 bridgehead atoms. The van der Waals surface area contributed by atoms with Crippen LogP contribution in [0.1, 0.15) is 17.3 Å². The third-order valence-corrected chi connectivity index (χ3v) is 4.61. The van der Waals surface area contributed by atoms with Crippen LogP contribution < -0.4 is 14.8 Å². The number of fused-ring (bicyclic) bond motifs is 1. The Morgan fingerprint density at radius 3 is 2.71 bits per heavy atom. The van der Waals surface area contributed by atoms with Crippen LogP contribution in [0.15, 0.2) is 47.4 Å². The summed E-state index contributed by atoms with van der Waals surface area (Å²) in [6.07, 6.45) is 0. The number of carbonyl (C=O) groups excluding carboxylic acids is 1. The van der Waals surface area contributed by atoms with Crippen LogP contribution in [0, 0.1) is 0 Å². The number of nitrogens with one attached hydrogen (secondary N) is 1. The van der Waals surface area contributed by atoms with E-state index in [9.17, 15) is 14.7 Å². The van der Waals surface area contributed by atoms with Crippen LogP contribution in [0.3, 0.4) is 0 Å². The minimum atomic E-state index is -1.01. The van der Waals surface area contributed by atoms with Gasteiger partial charge in [-0.15, -0.1) is 11.8 Å². The molecule has 7 heteroatoms. The second-order valence-corrected chi connectivity index (χ2v) is 6.50. The van der Waals surface area contributed by atoms with Gasteiger partial charge in [0.15, 0.2) is 11.5 Å². The van der Waals surface area contributed by atoms with Crippen molar-refractivity contribution in [2.24, 2.45) is 0 Å². The molecule has 1 aliphatic rings. The third-order valence-electron chi connectivity index (χ3n) is 3.43. The van der Waals surface area contributed by atoms with E-state index in [0.29, 0.717) is 22.1 Å². The highest BCUT2D eigenvalue weighted by molar-refractivity contribution is 8.00. The van der Waals surface area contributed by atoms with Crippen molar-refractivity contribution in [2.75, 3.05) is 12.1 Å². The quantitative estimate of drug-likeness (QED) is 0.809. The molecule has 1 amide bonds. The molecule has 1 heterocycles. The van der Waals surface area contributed by atoms with Gasteiger partial charge in [-0.05, 0) is 31.2 Å². The number of benzene rings is 2. The number of hydrogen-bond donors (Lipinski definition) is 2. The number of hydrogen-bond acceptors (Lipinski definition) is 5. The van der Waals surface area contributed by atoms with Crippen molar-refractivity contribution < 1.29 is 24.2 Å². The van der Waals surface area contributed by atoms with E-state index in [0.717, 1.165) is 0 Å². The Hall–Kier alpha value is -2.67. The van der Waals surface area contributed by atoms with Crippen molar-refractivity contribution >= 4 is 29.3 Å². The normalized spacial score (nSPS) is 13.4. The number of ether oxygens (including phenoxy) is 2. The summed E-state index contributed by atoms with van der Waals surface area (Å²) in [4.78, 5) is 24.1. The lowest BCUT2D eigenvalue weighted by Crippen LogP contribution is -2.22. The standard InChI is InChI=1S/C17H15NO5S/c1-10(24-15-5-3-2-4-12(15)17(20)21)16(19)18-11-6-7-13-14(8-11)23-9-22-13/h2-8,10H,9H2,1H3,(H,18,19)(H,20,21)/t10-/m0/s1. The zero-order chi connectivity index (χ0) is 17.1. The van der Waals surface area contributed by atoms with Gasteiger partial charge in [-0.2, -0.15) is 0 Å². The van der Waals surface area contributed by atoms with Crippen molar-refractivity contribution in [3.8, 4) is 11.5 Å². The van der Waals surface area contributed by atoms with Gasteiger partial charge in [-0.3, -0.25) is 4.79 Å². The highest BCUT2D eigenvalue weighted by Crippen LogP contribution is 2.34. The van der Waals surface area contributed by atoms with Crippen LogP contribution in [0.5, 0.6) is 11.5 Å². The lowest BCUT2D eigenvalue weighted by Gasteiger charge is -2.13. The molecule has 2 aromatic rings. The van der Waals surface area contributed by atoms with E-state index in [1.54, 1.807) is 43.3 Å². The molecule has 1 aliphatic heterocycles. The second-order valence-electron chi connectivity index (χ2n) is 5.12. The number of carbonyl (C=O) groups is 2. The number of thioether (sulfide) groups is 1. The summed E-state index contributed by atoms with van der Waals surface area (Å²) in [7, 11) is 0. The zero-order valence-corrected chi connectivity index (χ0v) is 13.6. The lowest BCUT2D eigenvalue weighted by molar-refractivity contribution is -0.115. The molecule has 0 fully saturated rings. The zero-order valence-electron chi connectivity index (χ0n) is 12.8. The average Bonchev–Trinajstić information content (AvgIpc) is 3.02. The largest absolute Gasteiger partial charge is 0.478 e. The predicted octanol–water partition coefficient (Wildman–Crippen LogP) is 3.23. The van der Waals surface area contributed by atoms with Gasteiger partial charge in [-0.1, -0.05) is 12.1 Å². The van der Waals surface area contributed by atoms with Crippen molar-refractivity contribution in [3.05, 3.63) is 48.0 Å². The molecule has 24 heavy (non-hydrogen) atoms. The molecule has 0 aliphatic carbocycles. The summed E-state index contributed by atoms with van der Waals surface area (Å²) in [6.45, 7) is 1.90. The van der Waals surface area contributed by atoms with Gasteiger partial charge in [0, 0.05) is 16.6 Å². The van der Waals surface area contributed by atoms with Gasteiger partial charge in [0.25, 0.3) is 0 Å². The van der Waals surface area contributed by atoms with E-state index < -0.39 is 11.2 Å². The SMILES string of the molecule is C[C@H](Sc1ccccc1C(=O)O)C(=O)Nc1ccc2c(c1)OCO2. The van der Waals surface area contributed by atoms with Crippen molar-refractivity contribution in [1.82, 2.24) is 0 Å². The summed E-state index contributed by atoms with van der Waals surface area (Å²) < 4.78 is 10.5. The van der Waals surface area contributed by atoms with E-state index in [-0.39, 0.29) is 18.3 Å². The number of carboxylic acids is 1. The molecule has 0 aromatic heterocycles. The lowest BCUT2D eigenvalue weighted by atomic mass is 10.2. The molecule has 6 nitrogen and oxygen atoms in total. The molecule has 0 unspecified atom stereocenters. The molecule has 0 radical (unpaired) electrons. The van der Waals surface area contributed by atoms with E-state index in [1.807, 2.05) is 0 Å². The first-order valence-electron chi connectivity index (χ1n) is 7.24. The fourth-order valence-electron chi connectivity index (χ4n) is 2.21. The molecule has 0 spiro atoms. The average molecular weight is 345 g/mol. The van der Waals surface area contributed by atoms with Gasteiger partial charge >= 0.3 is 5.97 Å². The third kappa shape index (κ3) is 3.46. The smallest absolute Gasteiger partial charge is 0.336 e. The van der Waals surface area contributed by atoms with Crippen LogP contribution in [-0.2, 0) is 4.79 Å². The fourth-order valence-corrected chi connectivity index (χ4v) is 3.19. The van der Waals surface area contributed by atoms with E-state index in [1.165, 1.54) is 17.8 Å². The van der Waals surface area contributed by atoms with Crippen LogP contribution in [-0.4, -0.2) is 29.0 Å². The Morgan fingerprint density at radius 1 is 1.17 bits per heavy atom. The number of rotatable bonds is 5. The van der Waals surface area contributed by atoms with Gasteiger partial charge in [0.1, 0.15) is 0 Å². The number of anilines is 1. The monoisotopic (exact) mass is 345 g/mol. The van der Waals surface area contributed by atoms with Crippen LogP contribution in [0.2, 0.25) is 0 Å². The van der Waals surface area contributed by atoms with E-state index in [4.69, 9.17) is 9.47 Å². The highest BCUT2D eigenvalue weighted by Gasteiger charge is 2.20. The van der Waals surface area contributed by atoms with Crippen molar-refractivity contribution in [3.63, 3.8) is 0 Å². The van der Waals surface area contributed by atoms with Gasteiger partial charge < -0.3 is 19.9 Å². The topological polar surface area (TPSA) is 84.9 Å². The molecular formula is C17H15NO5S. The molecule has 124 valence electrons. The number of carboxylic acid groups (broad SMARTS) is 1. The maximum atomic E-state index is 12.3. The Labute approximate surface area is 142 Å². The molecule has 1 atom stereocenters. The summed E-state index contributed by atoms with van der Waals surface area (Å²) >= 11 is 1.20. The first-order chi connectivity index (χ1) is 11.5. The Balaban J connectivity index is 1.68. The molecule has 2 N–H and O–H groups in total. The minimum absolute atomic E-state index is 0.172. The van der Waals surface area contributed by atoms with Gasteiger partial charge in [0.05, 0.1) is 10.8 Å². The van der Waals surface area contributed by atoms with Crippen LogP contribution in [0.25, 0.3) is 0 Å². The van der Waals surface area contributed by atoms with Crippen LogP contribution >= 0.6 is 11.8 Å². The molecular weight excluding hydrogens is 330 g/mol. The van der Waals surface area contributed by atoms with Gasteiger partial charge in [-0.25, -0.2) is 4.79 Å². The van der Waals surface area contributed by atoms with Crippen LogP contribution in [0.4, 0.5) is 5.69 Å². The molecule has 0 saturated carbocycles. The Morgan fingerprint density at radius 2 is 1.92 bits per heavy atom. The first kappa shape index (κ1) is 16.2. The van der Waals surface area contributed by atoms with E-state index in [2.05, 4.69) is 5.32 Å². The predicted molar refractivity (Wildman–Crippen MR) is 89.9 cm³/mol. The van der Waals surface area contributed by atoms with Crippen molar-refractivity contribution in [2.45, 2.75) is 17.1 Å². The molecule has 0 saturated heterocycles. The minimum Gasteiger partial charge on any atom is -0.478 e. The number of aromatic carboxylic acids is 1. The molecule has 2 aromatic carbocycles. The summed E-state index contributed by atoms with van der Waals surface area (Å²) in [5.74, 6) is -0.00401. The first-order valence-corrected chi connectivity index (χ1v) is 8.12. The summed E-state index contributed by atoms with van der Waals surface area (Å²) in [5, 5.41) is 11.5. The Kier molecular flexibility index (Phi) is 4.61. The second kappa shape index (κ2) is 6.84. The fraction of sp³-hybridized carbons (Fsp3) is 0.176. The maximum Gasteiger partial charge on any atom is 0.336 e. The summed E-state index contributed by atoms with van der Waals surface area (Å²) in [5.41, 5.74) is 0.786. The highest BCUT2D eigenvalue weighted by atomic mass is 32.2. The van der Waals surface area contributed by atoms with E-state index >= 15 is 0 Å². The van der Waals surface area contributed by atoms with Gasteiger partial charge in [0.2, 0.25) is 12.7 Å². The molecule has 3 rings (SSSR count). The van der Waals surface area contributed by atoms with Crippen molar-refractivity contribution in [1.29, 1.82) is 0 Å². The number of amides is 1. The Bertz CT molecular complexity index is 792. The maximum absolute atomic E-state index is 12.3. The summed E-state index contributed by atoms with van der Waals surface area (Å²) in [6, 6.07) is 11.8.